The van der Waals surface area contributed by atoms with Gasteiger partial charge >= 0.3 is 0 Å². The summed E-state index contributed by atoms with van der Waals surface area (Å²) >= 11 is 0. The molecule has 0 bridgehead atoms. The van der Waals surface area contributed by atoms with Crippen molar-refractivity contribution in [3.05, 3.63) is 41.2 Å². The Labute approximate surface area is 183 Å². The second-order valence-corrected chi connectivity index (χ2v) is 8.70. The van der Waals surface area contributed by atoms with Gasteiger partial charge in [0.25, 0.3) is 11.8 Å². The summed E-state index contributed by atoms with van der Waals surface area (Å²) in [7, 11) is 2.13. The fraction of sp³-hybridized carbons (Fsp3) is 0.522. The van der Waals surface area contributed by atoms with Gasteiger partial charge in [-0.1, -0.05) is 19.3 Å². The zero-order valence-corrected chi connectivity index (χ0v) is 18.4. The van der Waals surface area contributed by atoms with Crippen LogP contribution in [0.25, 0.3) is 0 Å². The Bertz CT molecular complexity index is 938. The smallest absolute Gasteiger partial charge is 0.269 e. The predicted molar refractivity (Wildman–Crippen MR) is 122 cm³/mol. The molecule has 2 heterocycles. The molecule has 2 aliphatic rings. The minimum absolute atomic E-state index is 0.156. The van der Waals surface area contributed by atoms with E-state index in [2.05, 4.69) is 27.3 Å². The number of carbonyl (C=O) groups excluding carboxylic acids is 2. The highest BCUT2D eigenvalue weighted by Crippen LogP contribution is 2.32. The molecule has 31 heavy (non-hydrogen) atoms. The van der Waals surface area contributed by atoms with E-state index in [1.807, 2.05) is 24.3 Å². The topological polar surface area (TPSA) is 96.5 Å². The second kappa shape index (κ2) is 9.09. The van der Waals surface area contributed by atoms with E-state index < -0.39 is 5.91 Å². The quantitative estimate of drug-likeness (QED) is 0.769. The van der Waals surface area contributed by atoms with Crippen LogP contribution in [0, 0.1) is 6.92 Å². The van der Waals surface area contributed by atoms with Gasteiger partial charge in [0.15, 0.2) is 0 Å². The van der Waals surface area contributed by atoms with Crippen molar-refractivity contribution in [3.8, 4) is 0 Å². The molecule has 4 rings (SSSR count). The Morgan fingerprint density at radius 1 is 1.03 bits per heavy atom. The van der Waals surface area contributed by atoms with Crippen molar-refractivity contribution in [2.24, 2.45) is 5.73 Å². The van der Waals surface area contributed by atoms with Crippen molar-refractivity contribution in [2.75, 3.05) is 43.4 Å². The summed E-state index contributed by atoms with van der Waals surface area (Å²) in [6.45, 7) is 5.82. The van der Waals surface area contributed by atoms with E-state index in [1.165, 1.54) is 6.42 Å². The van der Waals surface area contributed by atoms with Gasteiger partial charge in [0.1, 0.15) is 5.69 Å². The molecule has 1 aromatic carbocycles. The zero-order chi connectivity index (χ0) is 22.0. The summed E-state index contributed by atoms with van der Waals surface area (Å²) in [6.07, 6.45) is 5.38. The van der Waals surface area contributed by atoms with E-state index in [0.717, 1.165) is 57.5 Å². The van der Waals surface area contributed by atoms with Gasteiger partial charge in [-0.3, -0.25) is 14.3 Å². The number of aryl methyl sites for hydroxylation is 1. The number of primary amides is 1. The highest BCUT2D eigenvalue weighted by Gasteiger charge is 2.27. The van der Waals surface area contributed by atoms with Crippen LogP contribution >= 0.6 is 0 Å². The van der Waals surface area contributed by atoms with Crippen LogP contribution in [0.1, 0.15) is 64.7 Å². The summed E-state index contributed by atoms with van der Waals surface area (Å²) in [4.78, 5) is 29.8. The molecule has 2 aromatic rings. The number of benzene rings is 1. The molecule has 1 aliphatic heterocycles. The normalized spacial score (nSPS) is 18.2. The van der Waals surface area contributed by atoms with Gasteiger partial charge in [0.2, 0.25) is 0 Å². The summed E-state index contributed by atoms with van der Waals surface area (Å²) in [6, 6.07) is 7.77. The molecular formula is C23H32N6O2. The van der Waals surface area contributed by atoms with E-state index >= 15 is 0 Å². The lowest BCUT2D eigenvalue weighted by Crippen LogP contribution is -2.44. The number of nitrogens with zero attached hydrogens (tertiary/aromatic N) is 4. The van der Waals surface area contributed by atoms with Crippen LogP contribution in [0.5, 0.6) is 0 Å². The first-order chi connectivity index (χ1) is 14.9. The van der Waals surface area contributed by atoms with Crippen LogP contribution in [0.15, 0.2) is 24.3 Å². The molecular weight excluding hydrogens is 392 g/mol. The molecule has 1 saturated heterocycles. The Kier molecular flexibility index (Phi) is 6.27. The van der Waals surface area contributed by atoms with E-state index in [9.17, 15) is 9.59 Å². The SMILES string of the molecule is Cc1nn(C2CCCCC2)c(C(N)=O)c1NC(=O)c1ccc(N2CCN(C)CC2)cc1. The van der Waals surface area contributed by atoms with Gasteiger partial charge in [-0.05, 0) is 51.1 Å². The molecule has 1 aliphatic carbocycles. The lowest BCUT2D eigenvalue weighted by molar-refractivity contribution is 0.0986. The number of anilines is 2. The number of likely N-dealkylation sites (N-methyl/N-ethyl adjacent to an activating group) is 1. The van der Waals surface area contributed by atoms with Crippen LogP contribution in [0.3, 0.4) is 0 Å². The van der Waals surface area contributed by atoms with Gasteiger partial charge in [0.05, 0.1) is 17.4 Å². The fourth-order valence-corrected chi connectivity index (χ4v) is 4.60. The molecule has 0 radical (unpaired) electrons. The van der Waals surface area contributed by atoms with Gasteiger partial charge in [0, 0.05) is 37.4 Å². The Morgan fingerprint density at radius 3 is 2.29 bits per heavy atom. The summed E-state index contributed by atoms with van der Waals surface area (Å²) in [5.74, 6) is -0.828. The Balaban J connectivity index is 1.51. The highest BCUT2D eigenvalue weighted by molar-refractivity contribution is 6.08. The average molecular weight is 425 g/mol. The van der Waals surface area contributed by atoms with E-state index in [0.29, 0.717) is 22.6 Å². The number of hydrogen-bond donors (Lipinski definition) is 2. The maximum atomic E-state index is 12.9. The number of carbonyl (C=O) groups is 2. The molecule has 0 unspecified atom stereocenters. The number of nitrogens with one attached hydrogen (secondary N) is 1. The lowest BCUT2D eigenvalue weighted by Gasteiger charge is -2.34. The number of piperazine rings is 1. The van der Waals surface area contributed by atoms with E-state index in [1.54, 1.807) is 11.6 Å². The maximum absolute atomic E-state index is 12.9. The largest absolute Gasteiger partial charge is 0.369 e. The standard InChI is InChI=1S/C23H32N6O2/c1-16-20(21(22(24)30)29(26-16)19-6-4-3-5-7-19)25-23(31)17-8-10-18(11-9-17)28-14-12-27(2)13-15-28/h8-11,19H,3-7,12-15H2,1-2H3,(H2,24,30)(H,25,31). The fourth-order valence-electron chi connectivity index (χ4n) is 4.60. The minimum Gasteiger partial charge on any atom is -0.369 e. The lowest BCUT2D eigenvalue weighted by atomic mass is 9.95. The first kappa shape index (κ1) is 21.4. The molecule has 2 fully saturated rings. The van der Waals surface area contributed by atoms with Crippen molar-refractivity contribution >= 4 is 23.2 Å². The van der Waals surface area contributed by atoms with Crippen molar-refractivity contribution in [1.29, 1.82) is 0 Å². The van der Waals surface area contributed by atoms with Crippen LogP contribution in [0.4, 0.5) is 11.4 Å². The summed E-state index contributed by atoms with van der Waals surface area (Å²) in [5, 5.41) is 7.47. The van der Waals surface area contributed by atoms with Crippen LogP contribution in [-0.2, 0) is 0 Å². The van der Waals surface area contributed by atoms with Crippen LogP contribution in [-0.4, -0.2) is 59.7 Å². The Hall–Kier alpha value is -2.87. The Morgan fingerprint density at radius 2 is 1.68 bits per heavy atom. The zero-order valence-electron chi connectivity index (χ0n) is 18.4. The number of amides is 2. The second-order valence-electron chi connectivity index (χ2n) is 8.70. The molecule has 2 amide bonds. The molecule has 166 valence electrons. The monoisotopic (exact) mass is 424 g/mol. The summed E-state index contributed by atoms with van der Waals surface area (Å²) < 4.78 is 1.74. The van der Waals surface area contributed by atoms with Gasteiger partial charge in [-0.25, -0.2) is 0 Å². The van der Waals surface area contributed by atoms with Crippen LogP contribution in [0.2, 0.25) is 0 Å². The van der Waals surface area contributed by atoms with Crippen LogP contribution < -0.4 is 16.0 Å². The van der Waals surface area contributed by atoms with Gasteiger partial charge < -0.3 is 20.9 Å². The minimum atomic E-state index is -0.563. The molecule has 0 spiro atoms. The van der Waals surface area contributed by atoms with Crippen molar-refractivity contribution in [1.82, 2.24) is 14.7 Å². The third-order valence-corrected chi connectivity index (χ3v) is 6.48. The van der Waals surface area contributed by atoms with Gasteiger partial charge in [-0.15, -0.1) is 0 Å². The van der Waals surface area contributed by atoms with Gasteiger partial charge in [-0.2, -0.15) is 5.10 Å². The molecule has 1 aromatic heterocycles. The maximum Gasteiger partial charge on any atom is 0.269 e. The highest BCUT2D eigenvalue weighted by atomic mass is 16.2. The first-order valence-corrected chi connectivity index (χ1v) is 11.2. The molecule has 3 N–H and O–H groups in total. The summed E-state index contributed by atoms with van der Waals surface area (Å²) in [5.41, 5.74) is 8.69. The molecule has 1 saturated carbocycles. The number of aromatic nitrogens is 2. The van der Waals surface area contributed by atoms with Crippen molar-refractivity contribution in [2.45, 2.75) is 45.1 Å². The van der Waals surface area contributed by atoms with Crippen molar-refractivity contribution < 1.29 is 9.59 Å². The predicted octanol–water partition coefficient (Wildman–Crippen LogP) is 2.80. The first-order valence-electron chi connectivity index (χ1n) is 11.2. The number of nitrogens with two attached hydrogens (primary N) is 1. The molecule has 0 atom stereocenters. The molecule has 8 nitrogen and oxygen atoms in total. The van der Waals surface area contributed by atoms with E-state index in [-0.39, 0.29) is 11.9 Å². The van der Waals surface area contributed by atoms with E-state index in [4.69, 9.17) is 5.73 Å². The third-order valence-electron chi connectivity index (χ3n) is 6.48. The third kappa shape index (κ3) is 4.58. The van der Waals surface area contributed by atoms with Crippen molar-refractivity contribution in [3.63, 3.8) is 0 Å². The number of rotatable bonds is 5. The molecule has 8 heteroatoms. The average Bonchev–Trinajstić information content (AvgIpc) is 3.11. The number of hydrogen-bond acceptors (Lipinski definition) is 5.